The highest BCUT2D eigenvalue weighted by Gasteiger charge is 2.43. The first-order valence-electron chi connectivity index (χ1n) is 8.82. The van der Waals surface area contributed by atoms with Gasteiger partial charge in [-0.15, -0.1) is 0 Å². The Morgan fingerprint density at radius 1 is 0.536 bits per heavy atom. The Bertz CT molecular complexity index is 881. The van der Waals surface area contributed by atoms with Crippen LogP contribution >= 0.6 is 0 Å². The van der Waals surface area contributed by atoms with Crippen LogP contribution in [0.3, 0.4) is 0 Å². The fourth-order valence-corrected chi connectivity index (χ4v) is 3.51. The maximum Gasteiger partial charge on any atom is 0.154 e. The number of ether oxygens (including phenoxy) is 4. The van der Waals surface area contributed by atoms with Crippen LogP contribution in [0.15, 0.2) is 66.7 Å². The van der Waals surface area contributed by atoms with Crippen LogP contribution in [0.25, 0.3) is 0 Å². The van der Waals surface area contributed by atoms with Crippen LogP contribution in [0, 0.1) is 0 Å². The number of hydrogen-bond acceptors (Lipinski definition) is 5. The van der Waals surface area contributed by atoms with Gasteiger partial charge in [0.2, 0.25) is 0 Å². The van der Waals surface area contributed by atoms with Crippen LogP contribution in [0.2, 0.25) is 0 Å². The molecule has 0 aromatic heterocycles. The molecule has 0 amide bonds. The van der Waals surface area contributed by atoms with Gasteiger partial charge in [0.1, 0.15) is 23.0 Å². The first kappa shape index (κ1) is 19.6. The molecule has 146 valence electrons. The van der Waals surface area contributed by atoms with E-state index in [1.807, 2.05) is 42.5 Å². The summed E-state index contributed by atoms with van der Waals surface area (Å²) in [6, 6.07) is 20.0. The molecule has 0 heterocycles. The molecule has 0 unspecified atom stereocenters. The molecule has 0 aliphatic rings. The third kappa shape index (κ3) is 3.14. The molecule has 0 aliphatic carbocycles. The molecular formula is C23H24O5. The number of methoxy groups -OCH3 is 4. The second kappa shape index (κ2) is 8.23. The minimum absolute atomic E-state index is 0.467. The van der Waals surface area contributed by atoms with Crippen molar-refractivity contribution in [1.29, 1.82) is 0 Å². The second-order valence-electron chi connectivity index (χ2n) is 6.15. The van der Waals surface area contributed by atoms with Crippen LogP contribution in [0.4, 0.5) is 0 Å². The van der Waals surface area contributed by atoms with Crippen molar-refractivity contribution in [3.05, 3.63) is 83.4 Å². The highest BCUT2D eigenvalue weighted by Crippen LogP contribution is 2.50. The molecule has 3 aromatic carbocycles. The average Bonchev–Trinajstić information content (AvgIpc) is 2.77. The van der Waals surface area contributed by atoms with E-state index in [1.165, 1.54) is 0 Å². The highest BCUT2D eigenvalue weighted by atomic mass is 16.5. The Balaban J connectivity index is 2.47. The van der Waals surface area contributed by atoms with Gasteiger partial charge in [0.15, 0.2) is 5.60 Å². The Morgan fingerprint density at radius 3 is 1.29 bits per heavy atom. The minimum Gasteiger partial charge on any atom is -0.496 e. The van der Waals surface area contributed by atoms with E-state index in [1.54, 1.807) is 52.7 Å². The largest absolute Gasteiger partial charge is 0.496 e. The average molecular weight is 380 g/mol. The predicted molar refractivity (Wildman–Crippen MR) is 108 cm³/mol. The number of rotatable bonds is 7. The van der Waals surface area contributed by atoms with Gasteiger partial charge in [0.05, 0.1) is 34.0 Å². The van der Waals surface area contributed by atoms with E-state index < -0.39 is 5.60 Å². The van der Waals surface area contributed by atoms with Crippen LogP contribution < -0.4 is 18.9 Å². The first-order chi connectivity index (χ1) is 13.6. The molecule has 28 heavy (non-hydrogen) atoms. The number of para-hydroxylation sites is 2. The van der Waals surface area contributed by atoms with Gasteiger partial charge in [-0.3, -0.25) is 0 Å². The fraction of sp³-hybridized carbons (Fsp3) is 0.217. The van der Waals surface area contributed by atoms with Crippen molar-refractivity contribution >= 4 is 0 Å². The zero-order valence-corrected chi connectivity index (χ0v) is 16.4. The lowest BCUT2D eigenvalue weighted by atomic mass is 9.78. The van der Waals surface area contributed by atoms with Crippen LogP contribution in [0.5, 0.6) is 23.0 Å². The summed E-state index contributed by atoms with van der Waals surface area (Å²) in [5.41, 5.74) is -0.0967. The SMILES string of the molecule is COc1ccccc1C(O)(c1ccccc1OC)c1c(OC)cccc1OC. The fourth-order valence-electron chi connectivity index (χ4n) is 3.51. The number of benzene rings is 3. The molecule has 0 fully saturated rings. The van der Waals surface area contributed by atoms with Crippen molar-refractivity contribution in [1.82, 2.24) is 0 Å². The van der Waals surface area contributed by atoms with Crippen LogP contribution in [-0.2, 0) is 5.60 Å². The van der Waals surface area contributed by atoms with Crippen molar-refractivity contribution in [2.45, 2.75) is 5.60 Å². The third-order valence-electron chi connectivity index (χ3n) is 4.78. The van der Waals surface area contributed by atoms with Gasteiger partial charge in [-0.05, 0) is 24.3 Å². The van der Waals surface area contributed by atoms with Gasteiger partial charge >= 0.3 is 0 Å². The molecule has 5 heteroatoms. The first-order valence-corrected chi connectivity index (χ1v) is 8.82. The summed E-state index contributed by atoms with van der Waals surface area (Å²) in [5, 5.41) is 12.4. The van der Waals surface area contributed by atoms with E-state index in [4.69, 9.17) is 18.9 Å². The maximum absolute atomic E-state index is 12.4. The van der Waals surface area contributed by atoms with Gasteiger partial charge in [-0.2, -0.15) is 0 Å². The summed E-state index contributed by atoms with van der Waals surface area (Å²) < 4.78 is 22.3. The summed E-state index contributed by atoms with van der Waals surface area (Å²) in [6.45, 7) is 0. The van der Waals surface area contributed by atoms with Gasteiger partial charge in [0, 0.05) is 11.1 Å². The van der Waals surface area contributed by atoms with Gasteiger partial charge in [0.25, 0.3) is 0 Å². The smallest absolute Gasteiger partial charge is 0.154 e. The summed E-state index contributed by atoms with van der Waals surface area (Å²) in [5.74, 6) is 2.03. The molecule has 3 aromatic rings. The molecule has 0 saturated carbocycles. The zero-order valence-electron chi connectivity index (χ0n) is 16.4. The lowest BCUT2D eigenvalue weighted by Crippen LogP contribution is -2.31. The molecule has 1 N–H and O–H groups in total. The Hall–Kier alpha value is -3.18. The van der Waals surface area contributed by atoms with E-state index >= 15 is 0 Å². The Morgan fingerprint density at radius 2 is 0.893 bits per heavy atom. The van der Waals surface area contributed by atoms with Crippen molar-refractivity contribution in [2.75, 3.05) is 28.4 Å². The van der Waals surface area contributed by atoms with Crippen LogP contribution in [0.1, 0.15) is 16.7 Å². The van der Waals surface area contributed by atoms with Gasteiger partial charge < -0.3 is 24.1 Å². The topological polar surface area (TPSA) is 57.2 Å². The summed E-state index contributed by atoms with van der Waals surface area (Å²) in [6.07, 6.45) is 0. The van der Waals surface area contributed by atoms with Gasteiger partial charge in [-0.25, -0.2) is 0 Å². The molecule has 0 spiro atoms. The molecule has 3 rings (SSSR count). The van der Waals surface area contributed by atoms with Crippen molar-refractivity contribution in [3.8, 4) is 23.0 Å². The quantitative estimate of drug-likeness (QED) is 0.628. The van der Waals surface area contributed by atoms with Gasteiger partial charge in [-0.1, -0.05) is 42.5 Å². The molecule has 0 atom stereocenters. The predicted octanol–water partition coefficient (Wildman–Crippen LogP) is 4.01. The summed E-state index contributed by atoms with van der Waals surface area (Å²) >= 11 is 0. The molecule has 0 saturated heterocycles. The normalized spacial score (nSPS) is 11.0. The van der Waals surface area contributed by atoms with Crippen molar-refractivity contribution in [3.63, 3.8) is 0 Å². The second-order valence-corrected chi connectivity index (χ2v) is 6.15. The van der Waals surface area contributed by atoms with E-state index in [0.717, 1.165) is 0 Å². The highest BCUT2D eigenvalue weighted by molar-refractivity contribution is 5.63. The molecule has 5 nitrogen and oxygen atoms in total. The molecule has 0 radical (unpaired) electrons. The Labute approximate surface area is 165 Å². The van der Waals surface area contributed by atoms with Crippen LogP contribution in [-0.4, -0.2) is 33.5 Å². The summed E-state index contributed by atoms with van der Waals surface area (Å²) in [4.78, 5) is 0. The molecular weight excluding hydrogens is 356 g/mol. The van der Waals surface area contributed by atoms with E-state index in [0.29, 0.717) is 39.7 Å². The van der Waals surface area contributed by atoms with E-state index in [-0.39, 0.29) is 0 Å². The molecule has 0 bridgehead atoms. The number of aliphatic hydroxyl groups is 1. The third-order valence-corrected chi connectivity index (χ3v) is 4.78. The Kier molecular flexibility index (Phi) is 5.76. The van der Waals surface area contributed by atoms with E-state index in [2.05, 4.69) is 0 Å². The maximum atomic E-state index is 12.4. The monoisotopic (exact) mass is 380 g/mol. The summed E-state index contributed by atoms with van der Waals surface area (Å²) in [7, 11) is 6.26. The molecule has 0 aliphatic heterocycles. The standard InChI is InChI=1S/C23H24O5/c1-25-18-12-7-5-10-16(18)23(24,17-11-6-8-13-19(17)26-2)22-20(27-3)14-9-15-21(22)28-4/h5-15,24H,1-4H3. The zero-order chi connectivity index (χ0) is 20.1. The lowest BCUT2D eigenvalue weighted by Gasteiger charge is -2.34. The van der Waals surface area contributed by atoms with Crippen molar-refractivity contribution in [2.24, 2.45) is 0 Å². The number of hydrogen-bond donors (Lipinski definition) is 1. The van der Waals surface area contributed by atoms with E-state index in [9.17, 15) is 5.11 Å². The lowest BCUT2D eigenvalue weighted by molar-refractivity contribution is 0.111. The van der Waals surface area contributed by atoms with Crippen molar-refractivity contribution < 1.29 is 24.1 Å². The minimum atomic E-state index is -1.66.